The second kappa shape index (κ2) is 4.90. The molecule has 0 aromatic heterocycles. The SMILES string of the molecule is CN1CCN=C1SCc1cccc(Cl)c1. The molecule has 0 spiro atoms. The minimum Gasteiger partial charge on any atom is -0.353 e. The number of nitrogens with zero attached hydrogens (tertiary/aromatic N) is 2. The Morgan fingerprint density at radius 3 is 3.07 bits per heavy atom. The highest BCUT2D eigenvalue weighted by Crippen LogP contribution is 2.20. The van der Waals surface area contributed by atoms with Crippen LogP contribution in [-0.4, -0.2) is 30.2 Å². The van der Waals surface area contributed by atoms with Crippen LogP contribution in [0.5, 0.6) is 0 Å². The molecule has 80 valence electrons. The first-order valence-corrected chi connectivity index (χ1v) is 6.25. The summed E-state index contributed by atoms with van der Waals surface area (Å²) in [6, 6.07) is 7.98. The van der Waals surface area contributed by atoms with E-state index in [1.807, 2.05) is 18.2 Å². The van der Waals surface area contributed by atoms with Gasteiger partial charge in [-0.05, 0) is 17.7 Å². The van der Waals surface area contributed by atoms with Crippen molar-refractivity contribution in [1.29, 1.82) is 0 Å². The molecule has 2 rings (SSSR count). The van der Waals surface area contributed by atoms with Gasteiger partial charge in [-0.15, -0.1) is 0 Å². The van der Waals surface area contributed by atoms with Crippen molar-refractivity contribution in [2.45, 2.75) is 5.75 Å². The van der Waals surface area contributed by atoms with E-state index in [0.717, 1.165) is 29.0 Å². The fraction of sp³-hybridized carbons (Fsp3) is 0.364. The van der Waals surface area contributed by atoms with Crippen molar-refractivity contribution in [3.8, 4) is 0 Å². The van der Waals surface area contributed by atoms with Crippen LogP contribution in [0.25, 0.3) is 0 Å². The van der Waals surface area contributed by atoms with E-state index in [2.05, 4.69) is 23.0 Å². The van der Waals surface area contributed by atoms with Crippen LogP contribution in [-0.2, 0) is 5.75 Å². The molecular formula is C11H13ClN2S. The van der Waals surface area contributed by atoms with Gasteiger partial charge in [0.25, 0.3) is 0 Å². The highest BCUT2D eigenvalue weighted by molar-refractivity contribution is 8.13. The number of likely N-dealkylation sites (N-methyl/N-ethyl adjacent to an activating group) is 1. The molecular weight excluding hydrogens is 228 g/mol. The summed E-state index contributed by atoms with van der Waals surface area (Å²) in [6.45, 7) is 1.96. The highest BCUT2D eigenvalue weighted by atomic mass is 35.5. The van der Waals surface area contributed by atoms with Crippen molar-refractivity contribution in [2.75, 3.05) is 20.1 Å². The fourth-order valence-corrected chi connectivity index (χ4v) is 2.62. The van der Waals surface area contributed by atoms with Gasteiger partial charge in [-0.1, -0.05) is 35.5 Å². The van der Waals surface area contributed by atoms with Gasteiger partial charge in [0.1, 0.15) is 0 Å². The normalized spacial score (nSPS) is 15.6. The summed E-state index contributed by atoms with van der Waals surface area (Å²) in [5, 5.41) is 1.93. The van der Waals surface area contributed by atoms with Crippen molar-refractivity contribution in [2.24, 2.45) is 4.99 Å². The molecule has 0 aliphatic carbocycles. The first-order valence-electron chi connectivity index (χ1n) is 4.88. The standard InChI is InChI=1S/C11H13ClN2S/c1-14-6-5-13-11(14)15-8-9-3-2-4-10(12)7-9/h2-4,7H,5-6,8H2,1H3. The van der Waals surface area contributed by atoms with Crippen LogP contribution in [0.4, 0.5) is 0 Å². The molecule has 0 bridgehead atoms. The summed E-state index contributed by atoms with van der Waals surface area (Å²) < 4.78 is 0. The summed E-state index contributed by atoms with van der Waals surface area (Å²) >= 11 is 7.69. The third kappa shape index (κ3) is 2.89. The molecule has 0 saturated heterocycles. The number of rotatable bonds is 2. The van der Waals surface area contributed by atoms with Gasteiger partial charge in [0.05, 0.1) is 6.54 Å². The van der Waals surface area contributed by atoms with Crippen LogP contribution >= 0.6 is 23.4 Å². The molecule has 0 radical (unpaired) electrons. The molecule has 1 aromatic rings. The average molecular weight is 241 g/mol. The largest absolute Gasteiger partial charge is 0.353 e. The van der Waals surface area contributed by atoms with Crippen molar-refractivity contribution in [1.82, 2.24) is 4.90 Å². The summed E-state index contributed by atoms with van der Waals surface area (Å²) in [5.41, 5.74) is 1.25. The number of hydrogen-bond donors (Lipinski definition) is 0. The Kier molecular flexibility index (Phi) is 3.54. The smallest absolute Gasteiger partial charge is 0.159 e. The molecule has 0 unspecified atom stereocenters. The van der Waals surface area contributed by atoms with Crippen molar-refractivity contribution in [3.05, 3.63) is 34.9 Å². The van der Waals surface area contributed by atoms with Crippen LogP contribution in [0.15, 0.2) is 29.3 Å². The summed E-state index contributed by atoms with van der Waals surface area (Å²) in [5.74, 6) is 0.934. The average Bonchev–Trinajstić information content (AvgIpc) is 2.61. The van der Waals surface area contributed by atoms with E-state index in [4.69, 9.17) is 11.6 Å². The summed E-state index contributed by atoms with van der Waals surface area (Å²) in [6.07, 6.45) is 0. The van der Waals surface area contributed by atoms with Crippen LogP contribution in [0.3, 0.4) is 0 Å². The van der Waals surface area contributed by atoms with Gasteiger partial charge in [-0.25, -0.2) is 0 Å². The topological polar surface area (TPSA) is 15.6 Å². The van der Waals surface area contributed by atoms with Crippen molar-refractivity contribution in [3.63, 3.8) is 0 Å². The third-order valence-corrected chi connectivity index (χ3v) is 3.68. The third-order valence-electron chi connectivity index (χ3n) is 2.27. The Hall–Kier alpha value is -0.670. The second-order valence-corrected chi connectivity index (χ2v) is 4.88. The van der Waals surface area contributed by atoms with Crippen LogP contribution < -0.4 is 0 Å². The van der Waals surface area contributed by atoms with Gasteiger partial charge in [-0.3, -0.25) is 4.99 Å². The first kappa shape index (κ1) is 10.8. The number of aliphatic imine (C=N–C) groups is 1. The van der Waals surface area contributed by atoms with E-state index < -0.39 is 0 Å². The number of hydrogen-bond acceptors (Lipinski definition) is 3. The van der Waals surface area contributed by atoms with E-state index in [1.54, 1.807) is 11.8 Å². The second-order valence-electron chi connectivity index (χ2n) is 3.50. The van der Waals surface area contributed by atoms with E-state index in [9.17, 15) is 0 Å². The van der Waals surface area contributed by atoms with Crippen LogP contribution in [0, 0.1) is 0 Å². The molecule has 0 saturated carbocycles. The lowest BCUT2D eigenvalue weighted by atomic mass is 10.2. The lowest BCUT2D eigenvalue weighted by molar-refractivity contribution is 0.564. The molecule has 4 heteroatoms. The Morgan fingerprint density at radius 2 is 2.40 bits per heavy atom. The van der Waals surface area contributed by atoms with E-state index in [-0.39, 0.29) is 0 Å². The number of benzene rings is 1. The first-order chi connectivity index (χ1) is 7.25. The zero-order valence-corrected chi connectivity index (χ0v) is 10.2. The van der Waals surface area contributed by atoms with Crippen LogP contribution in [0.1, 0.15) is 5.56 Å². The molecule has 1 heterocycles. The van der Waals surface area contributed by atoms with Gasteiger partial charge in [0.2, 0.25) is 0 Å². The molecule has 0 N–H and O–H groups in total. The Labute approximate surface area is 99.3 Å². The van der Waals surface area contributed by atoms with Crippen molar-refractivity contribution >= 4 is 28.5 Å². The minimum absolute atomic E-state index is 0.801. The summed E-state index contributed by atoms with van der Waals surface area (Å²) in [7, 11) is 2.08. The quantitative estimate of drug-likeness (QED) is 0.790. The number of thioether (sulfide) groups is 1. The Balaban J connectivity index is 1.93. The molecule has 0 fully saturated rings. The van der Waals surface area contributed by atoms with E-state index >= 15 is 0 Å². The fourth-order valence-electron chi connectivity index (χ4n) is 1.44. The molecule has 2 nitrogen and oxygen atoms in total. The predicted molar refractivity (Wildman–Crippen MR) is 67.7 cm³/mol. The maximum absolute atomic E-state index is 5.92. The van der Waals surface area contributed by atoms with Crippen molar-refractivity contribution < 1.29 is 0 Å². The monoisotopic (exact) mass is 240 g/mol. The molecule has 0 atom stereocenters. The van der Waals surface area contributed by atoms with Gasteiger partial charge in [-0.2, -0.15) is 0 Å². The van der Waals surface area contributed by atoms with E-state index in [1.165, 1.54) is 5.56 Å². The minimum atomic E-state index is 0.801. The molecule has 1 aliphatic rings. The lowest BCUT2D eigenvalue weighted by Gasteiger charge is -2.12. The van der Waals surface area contributed by atoms with Gasteiger partial charge in [0.15, 0.2) is 5.17 Å². The zero-order chi connectivity index (χ0) is 10.7. The molecule has 15 heavy (non-hydrogen) atoms. The molecule has 1 aliphatic heterocycles. The van der Waals surface area contributed by atoms with Gasteiger partial charge >= 0.3 is 0 Å². The predicted octanol–water partition coefficient (Wildman–Crippen LogP) is 2.87. The van der Waals surface area contributed by atoms with Gasteiger partial charge < -0.3 is 4.90 Å². The van der Waals surface area contributed by atoms with Gasteiger partial charge in [0, 0.05) is 24.4 Å². The zero-order valence-electron chi connectivity index (χ0n) is 8.61. The molecule has 1 aromatic carbocycles. The Bertz CT molecular complexity index is 379. The maximum Gasteiger partial charge on any atom is 0.159 e. The number of halogens is 1. The number of amidine groups is 1. The molecule has 0 amide bonds. The summed E-state index contributed by atoms with van der Waals surface area (Å²) in [4.78, 5) is 6.62. The maximum atomic E-state index is 5.92. The lowest BCUT2D eigenvalue weighted by Crippen LogP contribution is -2.19. The highest BCUT2D eigenvalue weighted by Gasteiger charge is 2.12. The Morgan fingerprint density at radius 1 is 1.53 bits per heavy atom. The van der Waals surface area contributed by atoms with Crippen LogP contribution in [0.2, 0.25) is 5.02 Å². The van der Waals surface area contributed by atoms with E-state index in [0.29, 0.717) is 0 Å².